The molecule has 1 aromatic carbocycles. The highest BCUT2D eigenvalue weighted by Crippen LogP contribution is 2.30. The van der Waals surface area contributed by atoms with E-state index in [0.29, 0.717) is 22.6 Å². The van der Waals surface area contributed by atoms with Crippen LogP contribution in [0.1, 0.15) is 101 Å². The number of hydrogen-bond donors (Lipinski definition) is 0. The average molecular weight is 408 g/mol. The van der Waals surface area contributed by atoms with Crippen LogP contribution >= 0.6 is 0 Å². The molecule has 0 aromatic heterocycles. The molecule has 28 heavy (non-hydrogen) atoms. The zero-order chi connectivity index (χ0) is 20.5. The van der Waals surface area contributed by atoms with Gasteiger partial charge in [-0.3, -0.25) is 4.79 Å². The number of unbranched alkanes of at least 4 members (excludes halogenated alkanes) is 9. The highest BCUT2D eigenvalue weighted by atomic mass is 32.2. The molecule has 1 aromatic rings. The molecule has 2 nitrogen and oxygen atoms in total. The molecule has 0 aliphatic carbocycles. The lowest BCUT2D eigenvalue weighted by molar-refractivity contribution is -0.140. The van der Waals surface area contributed by atoms with E-state index in [1.54, 1.807) is 0 Å². The van der Waals surface area contributed by atoms with Gasteiger partial charge in [0.05, 0.1) is 13.4 Å². The molecule has 2 atom stereocenters. The van der Waals surface area contributed by atoms with E-state index in [4.69, 9.17) is 4.74 Å². The molecule has 0 amide bonds. The molecule has 0 fully saturated rings. The normalized spacial score (nSPS) is 13.2. The first-order chi connectivity index (χ1) is 13.7. The molecule has 0 aliphatic heterocycles. The van der Waals surface area contributed by atoms with E-state index in [0.717, 1.165) is 12.8 Å². The van der Waals surface area contributed by atoms with Gasteiger partial charge in [0.25, 0.3) is 0 Å². The Morgan fingerprint density at radius 1 is 0.893 bits per heavy atom. The molecule has 2 unspecified atom stereocenters. The maximum atomic E-state index is 11.5. The topological polar surface area (TPSA) is 26.3 Å². The Morgan fingerprint density at radius 3 is 2.04 bits per heavy atom. The molecule has 0 aliphatic rings. The molecule has 1 rings (SSSR count). The lowest BCUT2D eigenvalue weighted by Crippen LogP contribution is -2.17. The van der Waals surface area contributed by atoms with Crippen molar-refractivity contribution in [3.05, 3.63) is 35.9 Å². The second-order valence-electron chi connectivity index (χ2n) is 7.94. The van der Waals surface area contributed by atoms with Crippen molar-refractivity contribution in [2.45, 2.75) is 95.6 Å². The van der Waals surface area contributed by atoms with Gasteiger partial charge in [-0.15, -0.1) is 0 Å². The molecule has 0 heterocycles. The highest BCUT2D eigenvalue weighted by molar-refractivity contribution is 7.96. The summed E-state index contributed by atoms with van der Waals surface area (Å²) in [6, 6.07) is 10.9. The molecule has 0 radical (unpaired) electrons. The van der Waals surface area contributed by atoms with Crippen molar-refractivity contribution in [2.24, 2.45) is 0 Å². The number of esters is 1. The van der Waals surface area contributed by atoms with Crippen molar-refractivity contribution >= 4 is 16.9 Å². The Kier molecular flexibility index (Phi) is 15.2. The fraction of sp³-hybridized carbons (Fsp3) is 0.720. The van der Waals surface area contributed by atoms with E-state index < -0.39 is 0 Å². The Bertz CT molecular complexity index is 489. The number of rotatable bonds is 17. The fourth-order valence-corrected chi connectivity index (χ4v) is 5.90. The number of benzene rings is 1. The van der Waals surface area contributed by atoms with Crippen LogP contribution in [0.4, 0.5) is 0 Å². The summed E-state index contributed by atoms with van der Waals surface area (Å²) < 4.78 is 4.80. The van der Waals surface area contributed by atoms with Crippen LogP contribution in [0.25, 0.3) is 0 Å². The van der Waals surface area contributed by atoms with E-state index in [2.05, 4.69) is 43.5 Å². The summed E-state index contributed by atoms with van der Waals surface area (Å²) in [5.74, 6) is 1.23. The van der Waals surface area contributed by atoms with Crippen LogP contribution in [0.2, 0.25) is 0 Å². The standard InChI is InChI=1S/C25H43O2S/c1-4-5-6-7-8-9-10-11-12-16-22-28(3)24(20-17-21-25(26)27-2)23-18-14-13-15-19-23/h13-15,18-19,24H,4-12,16-17,20-22H2,1-3H3/q+1. The predicted octanol–water partition coefficient (Wildman–Crippen LogP) is 7.24. The van der Waals surface area contributed by atoms with Gasteiger partial charge in [-0.1, -0.05) is 88.6 Å². The number of ether oxygens (including phenoxy) is 1. The van der Waals surface area contributed by atoms with Gasteiger partial charge in [0.1, 0.15) is 11.0 Å². The van der Waals surface area contributed by atoms with Crippen LogP contribution in [-0.4, -0.2) is 25.1 Å². The SMILES string of the molecule is CCCCCCCCCCCC[S+](C)C(CCCC(=O)OC)c1ccccc1. The van der Waals surface area contributed by atoms with Crippen LogP contribution in [-0.2, 0) is 20.4 Å². The lowest BCUT2D eigenvalue weighted by atomic mass is 10.1. The summed E-state index contributed by atoms with van der Waals surface area (Å²) >= 11 is 0. The molecule has 0 N–H and O–H groups in total. The lowest BCUT2D eigenvalue weighted by Gasteiger charge is -2.17. The molecular weight excluding hydrogens is 364 g/mol. The summed E-state index contributed by atoms with van der Waals surface area (Å²) in [5, 5.41) is 0.574. The second-order valence-corrected chi connectivity index (χ2v) is 10.3. The molecular formula is C25H43O2S+. The van der Waals surface area contributed by atoms with Crippen molar-refractivity contribution in [3.63, 3.8) is 0 Å². The first-order valence-electron chi connectivity index (χ1n) is 11.4. The van der Waals surface area contributed by atoms with E-state index in [-0.39, 0.29) is 5.97 Å². The molecule has 3 heteroatoms. The van der Waals surface area contributed by atoms with Crippen molar-refractivity contribution in [1.29, 1.82) is 0 Å². The smallest absolute Gasteiger partial charge is 0.305 e. The first-order valence-corrected chi connectivity index (χ1v) is 13.3. The number of carbonyl (C=O) groups excluding carboxylic acids is 1. The van der Waals surface area contributed by atoms with Gasteiger partial charge in [-0.25, -0.2) is 0 Å². The largest absolute Gasteiger partial charge is 0.469 e. The Labute approximate surface area is 177 Å². The molecule has 0 bridgehead atoms. The predicted molar refractivity (Wildman–Crippen MR) is 125 cm³/mol. The summed E-state index contributed by atoms with van der Waals surface area (Å²) in [7, 11) is 1.84. The molecule has 160 valence electrons. The van der Waals surface area contributed by atoms with Crippen LogP contribution in [0, 0.1) is 0 Å². The van der Waals surface area contributed by atoms with Gasteiger partial charge < -0.3 is 4.74 Å². The van der Waals surface area contributed by atoms with Gasteiger partial charge in [0, 0.05) is 12.0 Å². The fourth-order valence-electron chi connectivity index (χ4n) is 3.76. The van der Waals surface area contributed by atoms with E-state index >= 15 is 0 Å². The average Bonchev–Trinajstić information content (AvgIpc) is 2.72. The van der Waals surface area contributed by atoms with Gasteiger partial charge in [0.2, 0.25) is 0 Å². The summed E-state index contributed by atoms with van der Waals surface area (Å²) in [6.07, 6.45) is 18.9. The van der Waals surface area contributed by atoms with E-state index in [1.807, 2.05) is 0 Å². The van der Waals surface area contributed by atoms with Crippen molar-refractivity contribution in [3.8, 4) is 0 Å². The van der Waals surface area contributed by atoms with E-state index in [9.17, 15) is 4.79 Å². The van der Waals surface area contributed by atoms with Crippen LogP contribution in [0.3, 0.4) is 0 Å². The van der Waals surface area contributed by atoms with Crippen LogP contribution < -0.4 is 0 Å². The quantitative estimate of drug-likeness (QED) is 0.154. The van der Waals surface area contributed by atoms with Crippen LogP contribution in [0.15, 0.2) is 30.3 Å². The zero-order valence-corrected chi connectivity index (χ0v) is 19.4. The number of hydrogen-bond acceptors (Lipinski definition) is 2. The number of methoxy groups -OCH3 is 1. The molecule has 0 saturated carbocycles. The van der Waals surface area contributed by atoms with Gasteiger partial charge in [-0.05, 0) is 36.6 Å². The highest BCUT2D eigenvalue weighted by Gasteiger charge is 2.27. The van der Waals surface area contributed by atoms with E-state index in [1.165, 1.54) is 82.6 Å². The first kappa shape index (κ1) is 25.1. The number of carbonyl (C=O) groups is 1. The molecule has 0 saturated heterocycles. The Hall–Kier alpha value is -0.960. The van der Waals surface area contributed by atoms with Crippen molar-refractivity contribution in [2.75, 3.05) is 19.1 Å². The third-order valence-electron chi connectivity index (χ3n) is 5.55. The molecule has 0 spiro atoms. The van der Waals surface area contributed by atoms with Crippen LogP contribution in [0.5, 0.6) is 0 Å². The minimum atomic E-state index is -0.0857. The zero-order valence-electron chi connectivity index (χ0n) is 18.6. The van der Waals surface area contributed by atoms with Gasteiger partial charge >= 0.3 is 5.97 Å². The minimum Gasteiger partial charge on any atom is -0.469 e. The van der Waals surface area contributed by atoms with Crippen molar-refractivity contribution in [1.82, 2.24) is 0 Å². The Morgan fingerprint density at radius 2 is 1.46 bits per heavy atom. The summed E-state index contributed by atoms with van der Waals surface area (Å²) in [5.41, 5.74) is 1.44. The second kappa shape index (κ2) is 16.9. The van der Waals surface area contributed by atoms with Gasteiger partial charge in [0.15, 0.2) is 0 Å². The Balaban J connectivity index is 2.27. The third-order valence-corrected chi connectivity index (χ3v) is 7.96. The maximum absolute atomic E-state index is 11.5. The third kappa shape index (κ3) is 11.8. The minimum absolute atomic E-state index is 0.0857. The van der Waals surface area contributed by atoms with Crippen molar-refractivity contribution < 1.29 is 9.53 Å². The monoisotopic (exact) mass is 407 g/mol. The van der Waals surface area contributed by atoms with Gasteiger partial charge in [-0.2, -0.15) is 0 Å². The maximum Gasteiger partial charge on any atom is 0.305 e. The summed E-state index contributed by atoms with van der Waals surface area (Å²) in [4.78, 5) is 11.5. The summed E-state index contributed by atoms with van der Waals surface area (Å²) in [6.45, 7) is 2.28.